The van der Waals surface area contributed by atoms with E-state index >= 15 is 0 Å². The Morgan fingerprint density at radius 1 is 1.40 bits per heavy atom. The largest absolute Gasteiger partial charge is 0.506 e. The minimum absolute atomic E-state index is 0.116. The maximum atomic E-state index is 11.3. The van der Waals surface area contributed by atoms with Gasteiger partial charge < -0.3 is 9.84 Å². The molecule has 0 radical (unpaired) electrons. The lowest BCUT2D eigenvalue weighted by atomic mass is 10.0. The molecule has 1 aromatic rings. The van der Waals surface area contributed by atoms with E-state index in [1.165, 1.54) is 19.3 Å². The number of phenolic OH excluding ortho intramolecular Hbond substituents is 1. The summed E-state index contributed by atoms with van der Waals surface area (Å²) in [5.41, 5.74) is 1.32. The third-order valence-electron chi connectivity index (χ3n) is 2.02. The number of ether oxygens (including phenoxy) is 1. The lowest BCUT2D eigenvalue weighted by Gasteiger charge is -2.07. The van der Waals surface area contributed by atoms with Crippen molar-refractivity contribution in [3.8, 4) is 5.75 Å². The summed E-state index contributed by atoms with van der Waals surface area (Å²) in [7, 11) is 1.26. The summed E-state index contributed by atoms with van der Waals surface area (Å²) >= 11 is 0. The van der Waals surface area contributed by atoms with Crippen LogP contribution in [0.4, 0.5) is 0 Å². The molecule has 1 aromatic carbocycles. The summed E-state index contributed by atoms with van der Waals surface area (Å²) in [5.74, 6) is -0.707. The van der Waals surface area contributed by atoms with Crippen molar-refractivity contribution in [1.29, 1.82) is 0 Å². The Kier molecular flexibility index (Phi) is 3.29. The van der Waals surface area contributed by atoms with Gasteiger partial charge in [-0.3, -0.25) is 0 Å². The van der Waals surface area contributed by atoms with Crippen molar-refractivity contribution in [3.63, 3.8) is 0 Å². The molecular weight excluding hydrogens is 192 g/mol. The van der Waals surface area contributed by atoms with Crippen LogP contribution < -0.4 is 0 Å². The highest BCUT2D eigenvalue weighted by Crippen LogP contribution is 2.26. The Balaban J connectivity index is 3.42. The molecule has 15 heavy (non-hydrogen) atoms. The number of phenols is 1. The summed E-state index contributed by atoms with van der Waals surface area (Å²) < 4.78 is 4.55. The summed E-state index contributed by atoms with van der Waals surface area (Å²) in [4.78, 5) is 11.3. The minimum atomic E-state index is -0.584. The Bertz CT molecular complexity index is 419. The maximum absolute atomic E-state index is 11.3. The fraction of sp³-hybridized carbons (Fsp3) is 0.0833. The molecule has 0 unspecified atom stereocenters. The topological polar surface area (TPSA) is 46.5 Å². The average molecular weight is 204 g/mol. The first-order valence-electron chi connectivity index (χ1n) is 4.34. The van der Waals surface area contributed by atoms with Crippen LogP contribution in [0.3, 0.4) is 0 Å². The highest BCUT2D eigenvalue weighted by molar-refractivity contribution is 5.94. The van der Waals surface area contributed by atoms with E-state index in [2.05, 4.69) is 17.9 Å². The zero-order valence-electron chi connectivity index (χ0n) is 8.49. The SMILES string of the molecule is C=Cc1cc(C=C)c(O)c(C(=O)OC)c1. The first-order valence-corrected chi connectivity index (χ1v) is 4.34. The molecule has 0 aliphatic carbocycles. The zero-order valence-corrected chi connectivity index (χ0v) is 8.49. The molecule has 0 saturated heterocycles. The van der Waals surface area contributed by atoms with Crippen molar-refractivity contribution < 1.29 is 14.6 Å². The molecule has 3 nitrogen and oxygen atoms in total. The number of aromatic hydroxyl groups is 1. The number of hydrogen-bond donors (Lipinski definition) is 1. The second-order valence-electron chi connectivity index (χ2n) is 2.91. The van der Waals surface area contributed by atoms with Crippen molar-refractivity contribution in [2.75, 3.05) is 7.11 Å². The lowest BCUT2D eigenvalue weighted by molar-refractivity contribution is 0.0597. The van der Waals surface area contributed by atoms with Crippen molar-refractivity contribution >= 4 is 18.1 Å². The van der Waals surface area contributed by atoms with Crippen LogP contribution in [0, 0.1) is 0 Å². The van der Waals surface area contributed by atoms with E-state index in [9.17, 15) is 9.90 Å². The van der Waals surface area contributed by atoms with Gasteiger partial charge in [-0.05, 0) is 17.7 Å². The third kappa shape index (κ3) is 2.07. The van der Waals surface area contributed by atoms with Crippen molar-refractivity contribution in [2.45, 2.75) is 0 Å². The summed E-state index contributed by atoms with van der Waals surface area (Å²) in [6.45, 7) is 7.14. The van der Waals surface area contributed by atoms with E-state index in [1.807, 2.05) is 0 Å². The van der Waals surface area contributed by atoms with Crippen LogP contribution in [0.2, 0.25) is 0 Å². The number of rotatable bonds is 3. The van der Waals surface area contributed by atoms with Crippen molar-refractivity contribution in [3.05, 3.63) is 42.0 Å². The van der Waals surface area contributed by atoms with Gasteiger partial charge in [0.25, 0.3) is 0 Å². The van der Waals surface area contributed by atoms with E-state index in [0.717, 1.165) is 5.56 Å². The molecule has 0 atom stereocenters. The van der Waals surface area contributed by atoms with E-state index in [0.29, 0.717) is 5.56 Å². The predicted octanol–water partition coefficient (Wildman–Crippen LogP) is 2.46. The normalized spacial score (nSPS) is 9.40. The predicted molar refractivity (Wildman–Crippen MR) is 59.6 cm³/mol. The van der Waals surface area contributed by atoms with E-state index in [4.69, 9.17) is 0 Å². The van der Waals surface area contributed by atoms with Gasteiger partial charge in [-0.15, -0.1) is 0 Å². The van der Waals surface area contributed by atoms with Gasteiger partial charge in [-0.25, -0.2) is 4.79 Å². The second-order valence-corrected chi connectivity index (χ2v) is 2.91. The van der Waals surface area contributed by atoms with Gasteiger partial charge in [0, 0.05) is 5.56 Å². The van der Waals surface area contributed by atoms with Gasteiger partial charge in [0.1, 0.15) is 11.3 Å². The van der Waals surface area contributed by atoms with Gasteiger partial charge in [0.2, 0.25) is 0 Å². The standard InChI is InChI=1S/C12H12O3/c1-4-8-6-9(5-2)11(13)10(7-8)12(14)15-3/h4-7,13H,1-2H2,3H3. The maximum Gasteiger partial charge on any atom is 0.341 e. The molecule has 0 aromatic heterocycles. The summed E-state index contributed by atoms with van der Waals surface area (Å²) in [6, 6.07) is 3.20. The number of carbonyl (C=O) groups is 1. The molecule has 0 amide bonds. The molecule has 0 spiro atoms. The average Bonchev–Trinajstić information content (AvgIpc) is 2.28. The second kappa shape index (κ2) is 4.46. The molecule has 0 bridgehead atoms. The molecule has 78 valence electrons. The van der Waals surface area contributed by atoms with Crippen LogP contribution in [-0.2, 0) is 4.74 Å². The fourth-order valence-corrected chi connectivity index (χ4v) is 1.22. The van der Waals surface area contributed by atoms with Crippen LogP contribution >= 0.6 is 0 Å². The highest BCUT2D eigenvalue weighted by atomic mass is 16.5. The minimum Gasteiger partial charge on any atom is -0.506 e. The molecule has 0 aliphatic rings. The molecule has 1 N–H and O–H groups in total. The van der Waals surface area contributed by atoms with Gasteiger partial charge in [-0.2, -0.15) is 0 Å². The fourth-order valence-electron chi connectivity index (χ4n) is 1.22. The molecule has 0 fully saturated rings. The van der Waals surface area contributed by atoms with Gasteiger partial charge in [0.15, 0.2) is 0 Å². The highest BCUT2D eigenvalue weighted by Gasteiger charge is 2.14. The Morgan fingerprint density at radius 3 is 2.53 bits per heavy atom. The quantitative estimate of drug-likeness (QED) is 0.769. The molecular formula is C12H12O3. The number of methoxy groups -OCH3 is 1. The molecule has 0 saturated carbocycles. The number of esters is 1. The van der Waals surface area contributed by atoms with Gasteiger partial charge in [0.05, 0.1) is 7.11 Å². The van der Waals surface area contributed by atoms with Crippen LogP contribution in [0.1, 0.15) is 21.5 Å². The first kappa shape index (κ1) is 11.0. The van der Waals surface area contributed by atoms with Gasteiger partial charge >= 0.3 is 5.97 Å². The molecule has 3 heteroatoms. The molecule has 0 heterocycles. The number of carbonyl (C=O) groups excluding carboxylic acids is 1. The Hall–Kier alpha value is -2.03. The van der Waals surface area contributed by atoms with Crippen LogP contribution in [0.5, 0.6) is 5.75 Å². The number of benzene rings is 1. The Labute approximate surface area is 88.3 Å². The Morgan fingerprint density at radius 2 is 2.07 bits per heavy atom. The molecule has 1 rings (SSSR count). The van der Waals surface area contributed by atoms with Crippen molar-refractivity contribution in [2.24, 2.45) is 0 Å². The third-order valence-corrected chi connectivity index (χ3v) is 2.02. The number of hydrogen-bond acceptors (Lipinski definition) is 3. The summed E-state index contributed by atoms with van der Waals surface area (Å²) in [5, 5.41) is 9.70. The van der Waals surface area contributed by atoms with Crippen LogP contribution in [0.25, 0.3) is 12.2 Å². The van der Waals surface area contributed by atoms with E-state index in [-0.39, 0.29) is 11.3 Å². The van der Waals surface area contributed by atoms with Crippen LogP contribution in [0.15, 0.2) is 25.3 Å². The van der Waals surface area contributed by atoms with E-state index < -0.39 is 5.97 Å². The lowest BCUT2D eigenvalue weighted by Crippen LogP contribution is -2.02. The summed E-state index contributed by atoms with van der Waals surface area (Å²) in [6.07, 6.45) is 3.05. The van der Waals surface area contributed by atoms with Gasteiger partial charge in [-0.1, -0.05) is 25.3 Å². The first-order chi connectivity index (χ1) is 7.13. The van der Waals surface area contributed by atoms with E-state index in [1.54, 1.807) is 12.1 Å². The monoisotopic (exact) mass is 204 g/mol. The van der Waals surface area contributed by atoms with Crippen molar-refractivity contribution in [1.82, 2.24) is 0 Å². The molecule has 0 aliphatic heterocycles. The zero-order chi connectivity index (χ0) is 11.4. The van der Waals surface area contributed by atoms with Crippen LogP contribution in [-0.4, -0.2) is 18.2 Å². The smallest absolute Gasteiger partial charge is 0.341 e.